The zero-order chi connectivity index (χ0) is 14.8. The molecule has 0 saturated heterocycles. The van der Waals surface area contributed by atoms with E-state index in [1.54, 1.807) is 0 Å². The van der Waals surface area contributed by atoms with Crippen molar-refractivity contribution in [1.29, 1.82) is 0 Å². The van der Waals surface area contributed by atoms with Gasteiger partial charge in [-0.25, -0.2) is 4.98 Å². The fourth-order valence-corrected chi connectivity index (χ4v) is 2.53. The van der Waals surface area contributed by atoms with Crippen LogP contribution < -0.4 is 5.32 Å². The summed E-state index contributed by atoms with van der Waals surface area (Å²) in [7, 11) is 0. The van der Waals surface area contributed by atoms with Crippen LogP contribution in [0.25, 0.3) is 5.65 Å². The lowest BCUT2D eigenvalue weighted by Gasteiger charge is -2.10. The van der Waals surface area contributed by atoms with Gasteiger partial charge in [0.1, 0.15) is 11.5 Å². The Morgan fingerprint density at radius 3 is 2.57 bits per heavy atom. The molecule has 0 saturated carbocycles. The highest BCUT2D eigenvalue weighted by Gasteiger charge is 2.14. The Bertz CT molecular complexity index is 742. The lowest BCUT2D eigenvalue weighted by atomic mass is 10.1. The predicted molar refractivity (Wildman–Crippen MR) is 87.8 cm³/mol. The molecule has 0 spiro atoms. The summed E-state index contributed by atoms with van der Waals surface area (Å²) >= 11 is 0. The topological polar surface area (TPSA) is 29.3 Å². The van der Waals surface area contributed by atoms with E-state index < -0.39 is 0 Å². The minimum absolute atomic E-state index is 0.392. The molecule has 108 valence electrons. The molecule has 0 aliphatic rings. The van der Waals surface area contributed by atoms with E-state index in [1.165, 1.54) is 11.1 Å². The number of benzene rings is 1. The average molecular weight is 279 g/mol. The summed E-state index contributed by atoms with van der Waals surface area (Å²) in [6, 6.07) is 14.6. The molecule has 0 amide bonds. The van der Waals surface area contributed by atoms with Crippen molar-refractivity contribution in [2.24, 2.45) is 0 Å². The standard InChI is InChI=1S/C18H21N3/c1-13(2)17-18(19-11-15-7-5-4-6-8-15)21-12-14(3)9-10-16(21)20-17/h4-10,12-13,19H,11H2,1-3H3. The second-order valence-electron chi connectivity index (χ2n) is 5.77. The van der Waals surface area contributed by atoms with E-state index in [9.17, 15) is 0 Å². The number of aromatic nitrogens is 2. The van der Waals surface area contributed by atoms with E-state index in [-0.39, 0.29) is 0 Å². The molecule has 0 aliphatic heterocycles. The van der Waals surface area contributed by atoms with Crippen LogP contribution in [0.2, 0.25) is 0 Å². The van der Waals surface area contributed by atoms with Crippen molar-refractivity contribution in [3.63, 3.8) is 0 Å². The summed E-state index contributed by atoms with van der Waals surface area (Å²) in [6.45, 7) is 7.28. The summed E-state index contributed by atoms with van der Waals surface area (Å²) in [4.78, 5) is 4.77. The highest BCUT2D eigenvalue weighted by Crippen LogP contribution is 2.26. The van der Waals surface area contributed by atoms with E-state index in [2.05, 4.69) is 73.1 Å². The van der Waals surface area contributed by atoms with Crippen molar-refractivity contribution >= 4 is 11.5 Å². The van der Waals surface area contributed by atoms with Gasteiger partial charge >= 0.3 is 0 Å². The Morgan fingerprint density at radius 2 is 1.86 bits per heavy atom. The highest BCUT2D eigenvalue weighted by atomic mass is 15.1. The molecule has 0 aliphatic carbocycles. The number of nitrogens with one attached hydrogen (secondary N) is 1. The maximum absolute atomic E-state index is 4.77. The Morgan fingerprint density at radius 1 is 1.10 bits per heavy atom. The molecule has 21 heavy (non-hydrogen) atoms. The van der Waals surface area contributed by atoms with E-state index in [0.29, 0.717) is 5.92 Å². The third-order valence-electron chi connectivity index (χ3n) is 3.64. The number of rotatable bonds is 4. The van der Waals surface area contributed by atoms with Gasteiger partial charge in [0.05, 0.1) is 5.69 Å². The number of imidazole rings is 1. The summed E-state index contributed by atoms with van der Waals surface area (Å²) in [5.41, 5.74) is 4.63. The van der Waals surface area contributed by atoms with Gasteiger partial charge < -0.3 is 5.32 Å². The van der Waals surface area contributed by atoms with Crippen LogP contribution in [-0.4, -0.2) is 9.38 Å². The smallest absolute Gasteiger partial charge is 0.138 e. The van der Waals surface area contributed by atoms with Gasteiger partial charge in [0.15, 0.2) is 0 Å². The quantitative estimate of drug-likeness (QED) is 0.768. The van der Waals surface area contributed by atoms with Crippen molar-refractivity contribution in [3.05, 3.63) is 65.5 Å². The first-order chi connectivity index (χ1) is 10.1. The molecule has 0 atom stereocenters. The number of aryl methyl sites for hydroxylation is 1. The molecular weight excluding hydrogens is 258 g/mol. The molecule has 2 heterocycles. The maximum Gasteiger partial charge on any atom is 0.138 e. The highest BCUT2D eigenvalue weighted by molar-refractivity contribution is 5.57. The van der Waals surface area contributed by atoms with Gasteiger partial charge in [-0.3, -0.25) is 4.40 Å². The van der Waals surface area contributed by atoms with Crippen LogP contribution in [-0.2, 0) is 6.54 Å². The zero-order valence-corrected chi connectivity index (χ0v) is 12.8. The molecular formula is C18H21N3. The maximum atomic E-state index is 4.77. The first kappa shape index (κ1) is 13.7. The van der Waals surface area contributed by atoms with Gasteiger partial charge in [0.2, 0.25) is 0 Å². The fraction of sp³-hybridized carbons (Fsp3) is 0.278. The molecule has 0 unspecified atom stereocenters. The second-order valence-corrected chi connectivity index (χ2v) is 5.77. The fourth-order valence-electron chi connectivity index (χ4n) is 2.53. The Balaban J connectivity index is 1.98. The van der Waals surface area contributed by atoms with Crippen molar-refractivity contribution in [2.45, 2.75) is 33.2 Å². The lowest BCUT2D eigenvalue weighted by molar-refractivity contribution is 0.833. The minimum atomic E-state index is 0.392. The van der Waals surface area contributed by atoms with Crippen LogP contribution in [0.5, 0.6) is 0 Å². The zero-order valence-electron chi connectivity index (χ0n) is 12.8. The molecule has 3 aromatic rings. The van der Waals surface area contributed by atoms with E-state index in [4.69, 9.17) is 4.98 Å². The van der Waals surface area contributed by atoms with Gasteiger partial charge in [0.25, 0.3) is 0 Å². The Labute approximate surface area is 125 Å². The van der Waals surface area contributed by atoms with Crippen molar-refractivity contribution in [2.75, 3.05) is 5.32 Å². The van der Waals surface area contributed by atoms with Crippen LogP contribution in [0.4, 0.5) is 5.82 Å². The minimum Gasteiger partial charge on any atom is -0.366 e. The summed E-state index contributed by atoms with van der Waals surface area (Å²) in [5.74, 6) is 1.50. The molecule has 2 aromatic heterocycles. The normalized spacial score (nSPS) is 11.2. The second kappa shape index (κ2) is 5.60. The molecule has 3 heteroatoms. The molecule has 0 radical (unpaired) electrons. The molecule has 0 bridgehead atoms. The van der Waals surface area contributed by atoms with Gasteiger partial charge in [0, 0.05) is 12.7 Å². The number of anilines is 1. The van der Waals surface area contributed by atoms with Crippen LogP contribution in [0.15, 0.2) is 48.7 Å². The van der Waals surface area contributed by atoms with Gasteiger partial charge in [-0.2, -0.15) is 0 Å². The van der Waals surface area contributed by atoms with Crippen LogP contribution in [0.3, 0.4) is 0 Å². The first-order valence-electron chi connectivity index (χ1n) is 7.41. The molecule has 0 fully saturated rings. The van der Waals surface area contributed by atoms with Crippen molar-refractivity contribution < 1.29 is 0 Å². The van der Waals surface area contributed by atoms with Crippen molar-refractivity contribution in [3.8, 4) is 0 Å². The van der Waals surface area contributed by atoms with Gasteiger partial charge in [-0.15, -0.1) is 0 Å². The number of fused-ring (bicyclic) bond motifs is 1. The summed E-state index contributed by atoms with van der Waals surface area (Å²) < 4.78 is 2.16. The van der Waals surface area contributed by atoms with Gasteiger partial charge in [-0.05, 0) is 30.0 Å². The lowest BCUT2D eigenvalue weighted by Crippen LogP contribution is -2.05. The van der Waals surface area contributed by atoms with E-state index >= 15 is 0 Å². The number of hydrogen-bond donors (Lipinski definition) is 1. The summed E-state index contributed by atoms with van der Waals surface area (Å²) in [5, 5.41) is 3.56. The average Bonchev–Trinajstić information content (AvgIpc) is 2.84. The van der Waals surface area contributed by atoms with Gasteiger partial charge in [-0.1, -0.05) is 50.2 Å². The number of hydrogen-bond acceptors (Lipinski definition) is 2. The van der Waals surface area contributed by atoms with Crippen LogP contribution in [0, 0.1) is 6.92 Å². The molecule has 3 nitrogen and oxygen atoms in total. The molecule has 1 N–H and O–H groups in total. The predicted octanol–water partition coefficient (Wildman–Crippen LogP) is 4.38. The van der Waals surface area contributed by atoms with Crippen molar-refractivity contribution in [1.82, 2.24) is 9.38 Å². The summed E-state index contributed by atoms with van der Waals surface area (Å²) in [6.07, 6.45) is 2.14. The van der Waals surface area contributed by atoms with E-state index in [1.807, 2.05) is 6.07 Å². The van der Waals surface area contributed by atoms with E-state index in [0.717, 1.165) is 23.7 Å². The Hall–Kier alpha value is -2.29. The largest absolute Gasteiger partial charge is 0.366 e. The van der Waals surface area contributed by atoms with Crippen LogP contribution in [0.1, 0.15) is 36.6 Å². The number of nitrogens with zero attached hydrogens (tertiary/aromatic N) is 2. The first-order valence-corrected chi connectivity index (χ1v) is 7.41. The monoisotopic (exact) mass is 279 g/mol. The number of pyridine rings is 1. The van der Waals surface area contributed by atoms with Crippen LogP contribution >= 0.6 is 0 Å². The Kier molecular flexibility index (Phi) is 3.65. The SMILES string of the molecule is Cc1ccc2nc(C(C)C)c(NCc3ccccc3)n2c1. The third-order valence-corrected chi connectivity index (χ3v) is 3.64. The third kappa shape index (κ3) is 2.77. The molecule has 1 aromatic carbocycles. The molecule has 3 rings (SSSR count).